The Labute approximate surface area is 75.4 Å². The first-order chi connectivity index (χ1) is 5.25. The quantitative estimate of drug-likeness (QED) is 0.540. The van der Waals surface area contributed by atoms with Crippen LogP contribution in [-0.4, -0.2) is 28.3 Å². The molecule has 0 radical (unpaired) electrons. The van der Waals surface area contributed by atoms with Gasteiger partial charge in [-0.05, 0) is 0 Å². The molecule has 1 unspecified atom stereocenters. The summed E-state index contributed by atoms with van der Waals surface area (Å²) < 4.78 is 34.6. The predicted octanol–water partition coefficient (Wildman–Crippen LogP) is 0.787. The fourth-order valence-electron chi connectivity index (χ4n) is 0.280. The number of carbonyl (C=O) groups is 1. The van der Waals surface area contributed by atoms with Gasteiger partial charge in [-0.2, -0.15) is 13.2 Å². The van der Waals surface area contributed by atoms with Gasteiger partial charge < -0.3 is 10.4 Å². The molecule has 0 saturated heterocycles. The van der Waals surface area contributed by atoms with Gasteiger partial charge in [0.1, 0.15) is 0 Å². The van der Waals surface area contributed by atoms with Gasteiger partial charge in [-0.1, -0.05) is 23.2 Å². The second-order valence-corrected chi connectivity index (χ2v) is 2.85. The Kier molecular flexibility index (Phi) is 4.09. The molecule has 3 nitrogen and oxygen atoms in total. The normalized spacial score (nSPS) is 14.6. The van der Waals surface area contributed by atoms with E-state index >= 15 is 0 Å². The van der Waals surface area contributed by atoms with Crippen molar-refractivity contribution in [1.82, 2.24) is 5.32 Å². The molecule has 0 aliphatic heterocycles. The summed E-state index contributed by atoms with van der Waals surface area (Å²) in [6.45, 7) is 0. The van der Waals surface area contributed by atoms with Crippen LogP contribution in [-0.2, 0) is 4.79 Å². The maximum Gasteiger partial charge on any atom is 0.433 e. The van der Waals surface area contributed by atoms with Crippen molar-refractivity contribution in [1.29, 1.82) is 0 Å². The van der Waals surface area contributed by atoms with Crippen LogP contribution in [0.4, 0.5) is 13.2 Å². The molecule has 12 heavy (non-hydrogen) atoms. The van der Waals surface area contributed by atoms with E-state index in [4.69, 9.17) is 28.3 Å². The summed E-state index contributed by atoms with van der Waals surface area (Å²) in [7, 11) is 0. The molecule has 0 fully saturated rings. The molecular formula is C4H4Cl2F3NO2. The summed E-state index contributed by atoms with van der Waals surface area (Å²) in [5.74, 6) is -1.30. The third-order valence-electron chi connectivity index (χ3n) is 0.787. The van der Waals surface area contributed by atoms with E-state index in [1.807, 2.05) is 0 Å². The first kappa shape index (κ1) is 11.8. The van der Waals surface area contributed by atoms with E-state index < -0.39 is 23.1 Å². The second-order valence-electron chi connectivity index (χ2n) is 1.75. The van der Waals surface area contributed by atoms with Crippen LogP contribution >= 0.6 is 23.2 Å². The summed E-state index contributed by atoms with van der Waals surface area (Å²) in [4.78, 5) is 8.73. The van der Waals surface area contributed by atoms with E-state index in [1.54, 1.807) is 0 Å². The minimum Gasteiger partial charge on any atom is -0.366 e. The maximum absolute atomic E-state index is 11.5. The molecule has 72 valence electrons. The largest absolute Gasteiger partial charge is 0.433 e. The average Bonchev–Trinajstić information content (AvgIpc) is 1.85. The Bertz CT molecular complexity index is 172. The van der Waals surface area contributed by atoms with Gasteiger partial charge in [-0.25, -0.2) is 0 Å². The molecule has 0 aliphatic rings. The molecule has 0 aromatic carbocycles. The highest BCUT2D eigenvalue weighted by molar-refractivity contribution is 6.53. The van der Waals surface area contributed by atoms with Crippen LogP contribution in [0, 0.1) is 0 Å². The number of hydrogen-bond acceptors (Lipinski definition) is 2. The van der Waals surface area contributed by atoms with Gasteiger partial charge in [-0.15, -0.1) is 0 Å². The van der Waals surface area contributed by atoms with Gasteiger partial charge in [0.05, 0.1) is 0 Å². The third kappa shape index (κ3) is 3.99. The summed E-state index contributed by atoms with van der Waals surface area (Å²) in [6, 6.07) is 0. The molecule has 1 amide bonds. The zero-order valence-corrected chi connectivity index (χ0v) is 6.91. The molecule has 0 aromatic heterocycles. The lowest BCUT2D eigenvalue weighted by molar-refractivity contribution is -0.213. The molecule has 8 heteroatoms. The van der Waals surface area contributed by atoms with E-state index in [1.165, 1.54) is 0 Å². The summed E-state index contributed by atoms with van der Waals surface area (Å²) in [6.07, 6.45) is -7.86. The number of rotatable bonds is 2. The van der Waals surface area contributed by atoms with E-state index in [0.717, 1.165) is 5.32 Å². The summed E-state index contributed by atoms with van der Waals surface area (Å²) in [5, 5.41) is 9.38. The lowest BCUT2D eigenvalue weighted by atomic mass is 10.5. The van der Waals surface area contributed by atoms with Gasteiger partial charge in [0.15, 0.2) is 4.84 Å². The van der Waals surface area contributed by atoms with Crippen LogP contribution in [0.5, 0.6) is 0 Å². The minimum atomic E-state index is -4.92. The van der Waals surface area contributed by atoms with Crippen LogP contribution in [0.15, 0.2) is 0 Å². The Morgan fingerprint density at radius 3 is 2.08 bits per heavy atom. The Balaban J connectivity index is 4.02. The Hall–Kier alpha value is -0.200. The fraction of sp³-hybridized carbons (Fsp3) is 0.750. The number of amides is 1. The summed E-state index contributed by atoms with van der Waals surface area (Å²) >= 11 is 9.79. The number of aliphatic hydroxyl groups is 1. The highest BCUT2D eigenvalue weighted by Crippen LogP contribution is 2.18. The highest BCUT2D eigenvalue weighted by Gasteiger charge is 2.39. The molecule has 0 saturated carbocycles. The lowest BCUT2D eigenvalue weighted by Crippen LogP contribution is -2.46. The summed E-state index contributed by atoms with van der Waals surface area (Å²) in [5.41, 5.74) is 0. The van der Waals surface area contributed by atoms with E-state index in [0.29, 0.717) is 0 Å². The number of hydrogen-bond donors (Lipinski definition) is 2. The number of nitrogens with one attached hydrogen (secondary N) is 1. The molecule has 0 aromatic rings. The molecule has 1 atom stereocenters. The minimum absolute atomic E-state index is 1.15. The van der Waals surface area contributed by atoms with Crippen molar-refractivity contribution >= 4 is 29.1 Å². The zero-order chi connectivity index (χ0) is 9.94. The van der Waals surface area contributed by atoms with E-state index in [2.05, 4.69) is 0 Å². The van der Waals surface area contributed by atoms with Crippen molar-refractivity contribution in [3.63, 3.8) is 0 Å². The van der Waals surface area contributed by atoms with Crippen molar-refractivity contribution in [2.24, 2.45) is 0 Å². The highest BCUT2D eigenvalue weighted by atomic mass is 35.5. The van der Waals surface area contributed by atoms with Crippen LogP contribution in [0.3, 0.4) is 0 Å². The number of carbonyl (C=O) groups excluding carboxylic acids is 1. The van der Waals surface area contributed by atoms with Crippen LogP contribution < -0.4 is 5.32 Å². The molecule has 0 rings (SSSR count). The van der Waals surface area contributed by atoms with Gasteiger partial charge in [-0.3, -0.25) is 4.79 Å². The van der Waals surface area contributed by atoms with Crippen molar-refractivity contribution < 1.29 is 23.1 Å². The van der Waals surface area contributed by atoms with Crippen molar-refractivity contribution in [3.05, 3.63) is 0 Å². The van der Waals surface area contributed by atoms with Gasteiger partial charge >= 0.3 is 6.18 Å². The van der Waals surface area contributed by atoms with E-state index in [9.17, 15) is 18.0 Å². The topological polar surface area (TPSA) is 49.3 Å². The maximum atomic E-state index is 11.5. The zero-order valence-electron chi connectivity index (χ0n) is 5.40. The first-order valence-corrected chi connectivity index (χ1v) is 3.45. The standard InChI is InChI=1S/C4H4Cl2F3NO2/c5-1(6)2(11)10-3(12)4(7,8)9/h1,3,12H,(H,10,11). The Morgan fingerprint density at radius 2 is 1.83 bits per heavy atom. The second kappa shape index (κ2) is 4.15. The van der Waals surface area contributed by atoms with Crippen LogP contribution in [0.2, 0.25) is 0 Å². The number of alkyl halides is 5. The molecular weight excluding hydrogens is 222 g/mol. The van der Waals surface area contributed by atoms with Crippen LogP contribution in [0.1, 0.15) is 0 Å². The van der Waals surface area contributed by atoms with Gasteiger partial charge in [0, 0.05) is 0 Å². The fourth-order valence-corrected chi connectivity index (χ4v) is 0.406. The van der Waals surface area contributed by atoms with Crippen molar-refractivity contribution in [3.8, 4) is 0 Å². The average molecular weight is 226 g/mol. The number of aliphatic hydroxyl groups excluding tert-OH is 1. The molecule has 0 bridgehead atoms. The molecule has 0 aliphatic carbocycles. The lowest BCUT2D eigenvalue weighted by Gasteiger charge is -2.15. The van der Waals surface area contributed by atoms with E-state index in [-0.39, 0.29) is 0 Å². The predicted molar refractivity (Wildman–Crippen MR) is 35.7 cm³/mol. The molecule has 2 N–H and O–H groups in total. The van der Waals surface area contributed by atoms with Crippen molar-refractivity contribution in [2.75, 3.05) is 0 Å². The Morgan fingerprint density at radius 1 is 1.42 bits per heavy atom. The SMILES string of the molecule is O=C(NC(O)C(F)(F)F)C(Cl)Cl. The molecule has 0 spiro atoms. The monoisotopic (exact) mass is 225 g/mol. The first-order valence-electron chi connectivity index (χ1n) is 2.58. The number of halogens is 5. The van der Waals surface area contributed by atoms with Gasteiger partial charge in [0.25, 0.3) is 5.91 Å². The van der Waals surface area contributed by atoms with Crippen LogP contribution in [0.25, 0.3) is 0 Å². The third-order valence-corrected chi connectivity index (χ3v) is 1.18. The van der Waals surface area contributed by atoms with Gasteiger partial charge in [0.2, 0.25) is 6.23 Å². The smallest absolute Gasteiger partial charge is 0.366 e. The van der Waals surface area contributed by atoms with Crippen molar-refractivity contribution in [2.45, 2.75) is 17.2 Å². The molecule has 0 heterocycles.